The standard InChI is InChI=1S/C19H36B2O4/c1-10-11-12-13-15(21-24-18(6,7)19(8,9)25-21)14-20-22-16(2,3)17(4,5)23-20/h14H,10-13H2,1-9H3/b15-14-. The monoisotopic (exact) mass is 350 g/mol. The number of hydrogen-bond donors (Lipinski definition) is 0. The fourth-order valence-corrected chi connectivity index (χ4v) is 2.98. The number of allylic oxidation sites excluding steroid dienone is 1. The molecule has 0 spiro atoms. The van der Waals surface area contributed by atoms with E-state index in [-0.39, 0.29) is 36.6 Å². The van der Waals surface area contributed by atoms with Crippen molar-refractivity contribution in [3.63, 3.8) is 0 Å². The predicted octanol–water partition coefficient (Wildman–Crippen LogP) is 4.76. The fraction of sp³-hybridized carbons (Fsp3) is 0.895. The maximum absolute atomic E-state index is 6.27. The van der Waals surface area contributed by atoms with E-state index in [1.807, 2.05) is 0 Å². The largest absolute Gasteiger partial charge is 0.489 e. The summed E-state index contributed by atoms with van der Waals surface area (Å²) in [7, 11) is -0.693. The van der Waals surface area contributed by atoms with Crippen LogP contribution in [0.5, 0.6) is 0 Å². The third kappa shape index (κ3) is 4.35. The van der Waals surface area contributed by atoms with Crippen molar-refractivity contribution in [2.75, 3.05) is 0 Å². The van der Waals surface area contributed by atoms with Gasteiger partial charge in [-0.15, -0.1) is 0 Å². The second kappa shape index (κ2) is 7.03. The van der Waals surface area contributed by atoms with Gasteiger partial charge in [0.25, 0.3) is 0 Å². The third-order valence-electron chi connectivity index (χ3n) is 6.25. The zero-order valence-corrected chi connectivity index (χ0v) is 17.7. The Labute approximate surface area is 155 Å². The molecule has 4 nitrogen and oxygen atoms in total. The van der Waals surface area contributed by atoms with Gasteiger partial charge in [-0.2, -0.15) is 0 Å². The molecule has 0 aromatic heterocycles. The van der Waals surface area contributed by atoms with Gasteiger partial charge in [0.1, 0.15) is 0 Å². The molecule has 2 rings (SSSR count). The molecule has 6 heteroatoms. The summed E-state index contributed by atoms with van der Waals surface area (Å²) in [4.78, 5) is 0. The molecule has 0 unspecified atom stereocenters. The van der Waals surface area contributed by atoms with Crippen LogP contribution < -0.4 is 0 Å². The number of unbranched alkanes of at least 4 members (excludes halogenated alkanes) is 2. The van der Waals surface area contributed by atoms with Crippen molar-refractivity contribution in [3.05, 3.63) is 11.4 Å². The quantitative estimate of drug-likeness (QED) is 0.512. The van der Waals surface area contributed by atoms with Crippen LogP contribution in [0.1, 0.15) is 88.0 Å². The lowest BCUT2D eigenvalue weighted by atomic mass is 9.69. The van der Waals surface area contributed by atoms with Crippen LogP contribution in [0.3, 0.4) is 0 Å². The lowest BCUT2D eigenvalue weighted by Gasteiger charge is -2.32. The summed E-state index contributed by atoms with van der Waals surface area (Å²) < 4.78 is 24.8. The first-order chi connectivity index (χ1) is 11.3. The average Bonchev–Trinajstić information content (AvgIpc) is 2.77. The molecular formula is C19H36B2O4. The van der Waals surface area contributed by atoms with Crippen LogP contribution in [-0.2, 0) is 18.6 Å². The van der Waals surface area contributed by atoms with Gasteiger partial charge in [-0.1, -0.05) is 32.2 Å². The lowest BCUT2D eigenvalue weighted by molar-refractivity contribution is 0.00578. The fourth-order valence-electron chi connectivity index (χ4n) is 2.98. The minimum Gasteiger partial charge on any atom is -0.400 e. The topological polar surface area (TPSA) is 36.9 Å². The summed E-state index contributed by atoms with van der Waals surface area (Å²) in [5.41, 5.74) is -0.211. The minimum absolute atomic E-state index is 0.333. The van der Waals surface area contributed by atoms with Crippen molar-refractivity contribution in [1.29, 1.82) is 0 Å². The van der Waals surface area contributed by atoms with E-state index in [0.29, 0.717) is 0 Å². The average molecular weight is 350 g/mol. The minimum atomic E-state index is -0.361. The maximum Gasteiger partial charge on any atom is 0.489 e. The number of hydrogen-bond acceptors (Lipinski definition) is 4. The second-order valence-electron chi connectivity index (χ2n) is 9.41. The van der Waals surface area contributed by atoms with Gasteiger partial charge in [0, 0.05) is 0 Å². The van der Waals surface area contributed by atoms with Gasteiger partial charge in [0.2, 0.25) is 0 Å². The van der Waals surface area contributed by atoms with E-state index in [1.165, 1.54) is 12.8 Å². The molecule has 0 N–H and O–H groups in total. The van der Waals surface area contributed by atoms with Crippen molar-refractivity contribution in [2.24, 2.45) is 0 Å². The van der Waals surface area contributed by atoms with Gasteiger partial charge in [-0.3, -0.25) is 0 Å². The highest BCUT2D eigenvalue weighted by molar-refractivity contribution is 6.60. The van der Waals surface area contributed by atoms with E-state index in [1.54, 1.807) is 0 Å². The van der Waals surface area contributed by atoms with Crippen molar-refractivity contribution in [1.82, 2.24) is 0 Å². The molecule has 0 amide bonds. The van der Waals surface area contributed by atoms with E-state index >= 15 is 0 Å². The molecule has 2 aliphatic heterocycles. The van der Waals surface area contributed by atoms with Gasteiger partial charge in [0.15, 0.2) is 0 Å². The molecule has 0 aromatic carbocycles. The molecule has 0 aromatic rings. The Morgan fingerprint density at radius 1 is 0.720 bits per heavy atom. The van der Waals surface area contributed by atoms with Crippen LogP contribution in [0.15, 0.2) is 11.4 Å². The molecular weight excluding hydrogens is 314 g/mol. The molecule has 2 aliphatic rings. The van der Waals surface area contributed by atoms with Crippen LogP contribution in [0, 0.1) is 0 Å². The Morgan fingerprint density at radius 2 is 1.16 bits per heavy atom. The Morgan fingerprint density at radius 3 is 1.60 bits per heavy atom. The van der Waals surface area contributed by atoms with Gasteiger partial charge in [-0.05, 0) is 67.3 Å². The van der Waals surface area contributed by atoms with Crippen LogP contribution >= 0.6 is 0 Å². The lowest BCUT2D eigenvalue weighted by Crippen LogP contribution is -2.41. The van der Waals surface area contributed by atoms with Gasteiger partial charge >= 0.3 is 14.2 Å². The summed E-state index contributed by atoms with van der Waals surface area (Å²) in [6.07, 6.45) is 4.44. The molecule has 0 atom stereocenters. The molecule has 0 bridgehead atoms. The highest BCUT2D eigenvalue weighted by atomic mass is 16.7. The number of rotatable bonds is 6. The van der Waals surface area contributed by atoms with E-state index < -0.39 is 0 Å². The highest BCUT2D eigenvalue weighted by Gasteiger charge is 2.54. The first kappa shape index (κ1) is 21.0. The summed E-state index contributed by atoms with van der Waals surface area (Å²) in [6.45, 7) is 18.9. The van der Waals surface area contributed by atoms with Crippen LogP contribution in [0.25, 0.3) is 0 Å². The summed E-state index contributed by atoms with van der Waals surface area (Å²) in [5, 5.41) is 0. The Kier molecular flexibility index (Phi) is 5.91. The smallest absolute Gasteiger partial charge is 0.400 e. The second-order valence-corrected chi connectivity index (χ2v) is 9.41. The van der Waals surface area contributed by atoms with Crippen molar-refractivity contribution in [2.45, 2.75) is 110 Å². The van der Waals surface area contributed by atoms with E-state index in [9.17, 15) is 0 Å². The maximum atomic E-state index is 6.27. The first-order valence-corrected chi connectivity index (χ1v) is 9.73. The SMILES string of the molecule is CCCCC/C(=C/B1OC(C)(C)C(C)(C)O1)B1OC(C)(C)C(C)(C)O1. The predicted molar refractivity (Wildman–Crippen MR) is 104 cm³/mol. The van der Waals surface area contributed by atoms with E-state index in [0.717, 1.165) is 18.3 Å². The molecule has 2 heterocycles. The molecule has 0 aliphatic carbocycles. The van der Waals surface area contributed by atoms with Crippen molar-refractivity contribution in [3.8, 4) is 0 Å². The Hall–Kier alpha value is -0.290. The van der Waals surface area contributed by atoms with Crippen molar-refractivity contribution >= 4 is 14.2 Å². The first-order valence-electron chi connectivity index (χ1n) is 9.73. The Bertz CT molecular complexity index is 480. The molecule has 0 radical (unpaired) electrons. The van der Waals surface area contributed by atoms with Crippen LogP contribution in [-0.4, -0.2) is 36.6 Å². The van der Waals surface area contributed by atoms with E-state index in [2.05, 4.69) is 68.3 Å². The normalized spacial score (nSPS) is 27.2. The molecule has 142 valence electrons. The van der Waals surface area contributed by atoms with Crippen LogP contribution in [0.2, 0.25) is 0 Å². The van der Waals surface area contributed by atoms with E-state index in [4.69, 9.17) is 18.6 Å². The molecule has 2 fully saturated rings. The molecule has 0 saturated carbocycles. The van der Waals surface area contributed by atoms with Crippen molar-refractivity contribution < 1.29 is 18.6 Å². The van der Waals surface area contributed by atoms with Crippen LogP contribution in [0.4, 0.5) is 0 Å². The highest BCUT2D eigenvalue weighted by Crippen LogP contribution is 2.41. The zero-order chi connectivity index (χ0) is 19.1. The third-order valence-corrected chi connectivity index (χ3v) is 6.25. The van der Waals surface area contributed by atoms with Gasteiger partial charge in [-0.25, -0.2) is 0 Å². The summed E-state index contributed by atoms with van der Waals surface area (Å²) in [6, 6.07) is 0. The van der Waals surface area contributed by atoms with Gasteiger partial charge < -0.3 is 18.6 Å². The molecule has 25 heavy (non-hydrogen) atoms. The summed E-state index contributed by atoms with van der Waals surface area (Å²) >= 11 is 0. The Balaban J connectivity index is 2.20. The zero-order valence-electron chi connectivity index (χ0n) is 17.7. The molecule has 2 saturated heterocycles. The van der Waals surface area contributed by atoms with Gasteiger partial charge in [0.05, 0.1) is 22.4 Å². The summed E-state index contributed by atoms with van der Waals surface area (Å²) in [5.74, 6) is 2.08.